The molecule has 18 nitrogen and oxygen atoms in total. The number of halogens is 1. The van der Waals surface area contributed by atoms with E-state index in [0.717, 1.165) is 0 Å². The van der Waals surface area contributed by atoms with Crippen molar-refractivity contribution >= 4 is 38.6 Å². The van der Waals surface area contributed by atoms with Crippen LogP contribution in [0.4, 0.5) is 9.18 Å². The molecule has 1 amide bonds. The molecule has 3 aliphatic rings. The topological polar surface area (TPSA) is 257 Å². The number of aliphatic hydroxyl groups is 1. The van der Waals surface area contributed by atoms with E-state index >= 15 is 4.39 Å². The molecule has 21 heteroatoms. The fraction of sp³-hybridized carbons (Fsp3) is 0.429. The summed E-state index contributed by atoms with van der Waals surface area (Å²) >= 11 is 0. The maximum atomic E-state index is 15.1. The third-order valence-corrected chi connectivity index (χ3v) is 11.3. The standard InChI is InChI=1S/C28H31FN4O14P2/c1-3-28(37)17-8-21-24-15(10-33(21)25(34)16(17)11-42-26(28)35)23-19(5-4-14-13(2)18(29)9-20(31-24)22(14)23)32-27(36)43-12-46-49(40,41)47-48(38,39)45-7-6-44-30/h8-9,19,37H,3-7,10-12,30H2,1-2H3,(H,32,36)(H,38,39)(H,40,41)/t19-,28-/m0/s1. The molecule has 0 bridgehead atoms. The summed E-state index contributed by atoms with van der Waals surface area (Å²) < 4.78 is 63.5. The zero-order valence-corrected chi connectivity index (χ0v) is 27.8. The van der Waals surface area contributed by atoms with Crippen LogP contribution in [-0.2, 0) is 66.8 Å². The van der Waals surface area contributed by atoms with Gasteiger partial charge in [-0.1, -0.05) is 6.92 Å². The van der Waals surface area contributed by atoms with Crippen molar-refractivity contribution < 1.29 is 65.7 Å². The van der Waals surface area contributed by atoms with E-state index < -0.39 is 64.1 Å². The Bertz CT molecular complexity index is 2060. The Balaban J connectivity index is 1.31. The highest BCUT2D eigenvalue weighted by atomic mass is 31.3. The zero-order chi connectivity index (χ0) is 35.5. The first kappa shape index (κ1) is 35.2. The molecule has 2 unspecified atom stereocenters. The summed E-state index contributed by atoms with van der Waals surface area (Å²) in [6.07, 6.45) is -0.620. The number of pyridine rings is 2. The Labute approximate surface area is 276 Å². The highest BCUT2D eigenvalue weighted by Crippen LogP contribution is 2.60. The lowest BCUT2D eigenvalue weighted by molar-refractivity contribution is -0.172. The number of nitrogens with one attached hydrogen (secondary N) is 1. The maximum Gasteiger partial charge on any atom is 0.484 e. The van der Waals surface area contributed by atoms with E-state index in [2.05, 4.69) is 23.5 Å². The van der Waals surface area contributed by atoms with Gasteiger partial charge in [-0.3, -0.25) is 9.32 Å². The van der Waals surface area contributed by atoms with Gasteiger partial charge in [-0.15, -0.1) is 0 Å². The molecule has 6 N–H and O–H groups in total. The molecule has 264 valence electrons. The Morgan fingerprint density at radius 1 is 1.18 bits per heavy atom. The molecular weight excluding hydrogens is 697 g/mol. The number of benzene rings is 1. The van der Waals surface area contributed by atoms with Gasteiger partial charge in [0.15, 0.2) is 5.60 Å². The van der Waals surface area contributed by atoms with Gasteiger partial charge in [0.25, 0.3) is 5.56 Å². The predicted octanol–water partition coefficient (Wildman–Crippen LogP) is 2.34. The summed E-state index contributed by atoms with van der Waals surface area (Å²) in [5.74, 6) is 3.37. The number of cyclic esters (lactones) is 1. The van der Waals surface area contributed by atoms with Crippen LogP contribution >= 0.6 is 15.6 Å². The first-order valence-corrected chi connectivity index (χ1v) is 17.8. The number of nitrogens with two attached hydrogens (primary N) is 1. The number of phosphoric acid groups is 2. The van der Waals surface area contributed by atoms with Crippen LogP contribution in [0.15, 0.2) is 16.9 Å². The molecular formula is C28H31FN4O14P2. The summed E-state index contributed by atoms with van der Waals surface area (Å²) in [7, 11) is -10.3. The number of aromatic nitrogens is 2. The van der Waals surface area contributed by atoms with Gasteiger partial charge in [-0.05, 0) is 48.9 Å². The van der Waals surface area contributed by atoms with Gasteiger partial charge in [0, 0.05) is 22.6 Å². The Morgan fingerprint density at radius 3 is 2.63 bits per heavy atom. The van der Waals surface area contributed by atoms with Crippen LogP contribution in [0, 0.1) is 12.7 Å². The van der Waals surface area contributed by atoms with Crippen molar-refractivity contribution in [2.75, 3.05) is 20.0 Å². The van der Waals surface area contributed by atoms with E-state index in [1.54, 1.807) is 13.8 Å². The average molecular weight is 729 g/mol. The molecule has 0 saturated heterocycles. The summed E-state index contributed by atoms with van der Waals surface area (Å²) in [5.41, 5.74) is 0.529. The van der Waals surface area contributed by atoms with E-state index in [4.69, 9.17) is 20.4 Å². The number of carbonyl (C=O) groups excluding carboxylic acids is 2. The molecule has 2 aromatic heterocycles. The lowest BCUT2D eigenvalue weighted by Gasteiger charge is -2.31. The highest BCUT2D eigenvalue weighted by Gasteiger charge is 2.46. The van der Waals surface area contributed by atoms with Crippen molar-refractivity contribution in [2.45, 2.75) is 57.9 Å². The van der Waals surface area contributed by atoms with Gasteiger partial charge < -0.3 is 39.1 Å². The summed E-state index contributed by atoms with van der Waals surface area (Å²) in [5, 5.41) is 14.4. The molecule has 0 saturated carbocycles. The second-order valence-electron chi connectivity index (χ2n) is 11.4. The van der Waals surface area contributed by atoms with Crippen molar-refractivity contribution in [3.05, 3.63) is 61.7 Å². The van der Waals surface area contributed by atoms with E-state index in [0.29, 0.717) is 34.1 Å². The van der Waals surface area contributed by atoms with Crippen LogP contribution in [0.25, 0.3) is 22.3 Å². The van der Waals surface area contributed by atoms with Gasteiger partial charge in [0.2, 0.25) is 6.79 Å². The van der Waals surface area contributed by atoms with Crippen LogP contribution in [0.1, 0.15) is 59.2 Å². The zero-order valence-electron chi connectivity index (χ0n) is 26.0. The number of carbonyl (C=O) groups is 2. The van der Waals surface area contributed by atoms with Crippen LogP contribution in [0.2, 0.25) is 0 Å². The van der Waals surface area contributed by atoms with Gasteiger partial charge >= 0.3 is 27.7 Å². The number of fused-ring (bicyclic) bond motifs is 5. The second kappa shape index (κ2) is 12.9. The number of hydrogen-bond acceptors (Lipinski definition) is 14. The SMILES string of the molecule is CC[C@@]1(O)C(=O)OCc2c1cc1n(c2=O)Cc2c-1nc1cc(F)c(C)c3c1c2[C@@H](NC(=O)OCOP(=O)(O)OP(=O)(O)OCCON)CC3. The molecule has 0 radical (unpaired) electrons. The fourth-order valence-corrected chi connectivity index (χ4v) is 8.32. The molecule has 1 aliphatic carbocycles. The minimum atomic E-state index is -5.26. The average Bonchev–Trinajstić information content (AvgIpc) is 3.40. The number of nitrogens with zero attached hydrogens (tertiary/aromatic N) is 2. The second-order valence-corrected chi connectivity index (χ2v) is 14.5. The molecule has 3 aromatic rings. The van der Waals surface area contributed by atoms with Gasteiger partial charge in [-0.2, -0.15) is 4.31 Å². The highest BCUT2D eigenvalue weighted by molar-refractivity contribution is 7.61. The normalized spacial score (nSPS) is 21.6. The number of alkyl carbamates (subject to hydrolysis) is 1. The van der Waals surface area contributed by atoms with E-state index in [1.807, 2.05) is 0 Å². The Morgan fingerprint density at radius 2 is 1.92 bits per heavy atom. The van der Waals surface area contributed by atoms with Crippen LogP contribution in [0.5, 0.6) is 0 Å². The predicted molar refractivity (Wildman–Crippen MR) is 163 cm³/mol. The number of ether oxygens (including phenoxy) is 2. The largest absolute Gasteiger partial charge is 0.484 e. The third kappa shape index (κ3) is 6.31. The summed E-state index contributed by atoms with van der Waals surface area (Å²) in [6.45, 7) is 0.784. The van der Waals surface area contributed by atoms with E-state index in [9.17, 15) is 38.4 Å². The summed E-state index contributed by atoms with van der Waals surface area (Å²) in [6, 6.07) is 1.96. The molecule has 4 atom stereocenters. The molecule has 49 heavy (non-hydrogen) atoms. The molecule has 1 aromatic carbocycles. The fourth-order valence-electron chi connectivity index (χ4n) is 6.41. The van der Waals surface area contributed by atoms with Crippen LogP contribution in [0.3, 0.4) is 0 Å². The number of rotatable bonds is 11. The molecule has 0 spiro atoms. The number of amides is 1. The lowest BCUT2D eigenvalue weighted by Crippen LogP contribution is -2.44. The molecule has 2 aliphatic heterocycles. The molecule has 4 heterocycles. The van der Waals surface area contributed by atoms with Gasteiger partial charge in [0.1, 0.15) is 12.4 Å². The Kier molecular flexibility index (Phi) is 9.30. The monoisotopic (exact) mass is 728 g/mol. The van der Waals surface area contributed by atoms with Crippen molar-refractivity contribution in [1.82, 2.24) is 14.9 Å². The van der Waals surface area contributed by atoms with E-state index in [-0.39, 0.29) is 60.6 Å². The minimum Gasteiger partial charge on any atom is -0.458 e. The van der Waals surface area contributed by atoms with Gasteiger partial charge in [0.05, 0.1) is 48.3 Å². The van der Waals surface area contributed by atoms with Crippen LogP contribution in [-0.4, -0.2) is 56.5 Å². The van der Waals surface area contributed by atoms with Gasteiger partial charge in [-0.25, -0.2) is 38.5 Å². The van der Waals surface area contributed by atoms with Crippen molar-refractivity contribution in [2.24, 2.45) is 5.90 Å². The van der Waals surface area contributed by atoms with Crippen molar-refractivity contribution in [3.63, 3.8) is 0 Å². The first-order chi connectivity index (χ1) is 23.1. The number of phosphoric ester groups is 2. The number of aryl methyl sites for hydroxylation is 1. The number of esters is 1. The Hall–Kier alpha value is -3.61. The molecule has 0 fully saturated rings. The van der Waals surface area contributed by atoms with E-state index in [1.165, 1.54) is 16.7 Å². The first-order valence-electron chi connectivity index (χ1n) is 14.8. The third-order valence-electron chi connectivity index (χ3n) is 8.74. The van der Waals surface area contributed by atoms with Crippen LogP contribution < -0.4 is 16.8 Å². The number of hydrogen-bond donors (Lipinski definition) is 5. The molecule has 6 rings (SSSR count). The quantitative estimate of drug-likeness (QED) is 0.0488. The lowest BCUT2D eigenvalue weighted by atomic mass is 9.81. The van der Waals surface area contributed by atoms with Crippen molar-refractivity contribution in [1.29, 1.82) is 0 Å². The maximum absolute atomic E-state index is 15.1. The smallest absolute Gasteiger partial charge is 0.458 e. The van der Waals surface area contributed by atoms with Crippen molar-refractivity contribution in [3.8, 4) is 11.4 Å². The minimum absolute atomic E-state index is 0.00845. The summed E-state index contributed by atoms with van der Waals surface area (Å²) in [4.78, 5) is 67.4.